The number of benzene rings is 1. The predicted octanol–water partition coefficient (Wildman–Crippen LogP) is 4.06. The van der Waals surface area contributed by atoms with Gasteiger partial charge >= 0.3 is 0 Å². The van der Waals surface area contributed by atoms with Gasteiger partial charge in [0.1, 0.15) is 17.0 Å². The molecule has 0 aliphatic heterocycles. The molecule has 1 aromatic carbocycles. The summed E-state index contributed by atoms with van der Waals surface area (Å²) in [6.07, 6.45) is 1.57. The Balaban J connectivity index is 2.34. The Bertz CT molecular complexity index is 451. The van der Waals surface area contributed by atoms with E-state index < -0.39 is 0 Å². The summed E-state index contributed by atoms with van der Waals surface area (Å²) in [5.41, 5.74) is 1.43. The molecule has 0 aliphatic carbocycles. The highest BCUT2D eigenvalue weighted by molar-refractivity contribution is 6.22. The topological polar surface area (TPSA) is 13.1 Å². The van der Waals surface area contributed by atoms with E-state index in [4.69, 9.17) is 16.0 Å². The van der Waals surface area contributed by atoms with Gasteiger partial charge < -0.3 is 4.42 Å². The molecule has 0 fully saturated rings. The van der Waals surface area contributed by atoms with Crippen LogP contribution in [0.15, 0.2) is 41.0 Å². The first kappa shape index (κ1) is 10.2. The van der Waals surface area contributed by atoms with Crippen molar-refractivity contribution in [1.82, 2.24) is 0 Å². The molecule has 1 unspecified atom stereocenters. The predicted molar refractivity (Wildman–Crippen MR) is 57.5 cm³/mol. The van der Waals surface area contributed by atoms with E-state index in [-0.39, 0.29) is 11.2 Å². The Morgan fingerprint density at radius 1 is 1.33 bits per heavy atom. The first-order chi connectivity index (χ1) is 7.18. The van der Waals surface area contributed by atoms with Crippen LogP contribution in [0.1, 0.15) is 22.3 Å². The second kappa shape index (κ2) is 4.07. The van der Waals surface area contributed by atoms with Gasteiger partial charge in [-0.15, -0.1) is 11.6 Å². The molecule has 1 heterocycles. The van der Waals surface area contributed by atoms with Gasteiger partial charge in [0.25, 0.3) is 0 Å². The third kappa shape index (κ3) is 2.05. The SMILES string of the molecule is Cc1cc(C(Cl)c2ccco2)ccc1F. The summed E-state index contributed by atoms with van der Waals surface area (Å²) in [5.74, 6) is 0.449. The zero-order valence-corrected chi connectivity index (χ0v) is 8.96. The van der Waals surface area contributed by atoms with Gasteiger partial charge in [0.05, 0.1) is 6.26 Å². The minimum absolute atomic E-state index is 0.220. The van der Waals surface area contributed by atoms with Crippen molar-refractivity contribution in [3.05, 3.63) is 59.3 Å². The van der Waals surface area contributed by atoms with E-state index in [1.54, 1.807) is 37.5 Å². The molecule has 0 amide bonds. The Morgan fingerprint density at radius 2 is 2.13 bits per heavy atom. The normalized spacial score (nSPS) is 12.7. The number of aryl methyl sites for hydroxylation is 1. The molecule has 0 N–H and O–H groups in total. The second-order valence-corrected chi connectivity index (χ2v) is 3.82. The molecule has 2 aromatic rings. The third-order valence-corrected chi connectivity index (χ3v) is 2.73. The fourth-order valence-electron chi connectivity index (χ4n) is 1.43. The Labute approximate surface area is 92.5 Å². The summed E-state index contributed by atoms with van der Waals surface area (Å²) >= 11 is 6.18. The fraction of sp³-hybridized carbons (Fsp3) is 0.167. The first-order valence-corrected chi connectivity index (χ1v) is 5.05. The summed E-state index contributed by atoms with van der Waals surface area (Å²) in [7, 11) is 0. The quantitative estimate of drug-likeness (QED) is 0.702. The highest BCUT2D eigenvalue weighted by Crippen LogP contribution is 2.29. The van der Waals surface area contributed by atoms with Gasteiger partial charge in [0.2, 0.25) is 0 Å². The molecule has 1 atom stereocenters. The standard InChI is InChI=1S/C12H10ClFO/c1-8-7-9(4-5-10(8)14)12(13)11-3-2-6-15-11/h2-7,12H,1H3. The average molecular weight is 225 g/mol. The Kier molecular flexibility index (Phi) is 2.78. The van der Waals surface area contributed by atoms with Crippen LogP contribution in [0, 0.1) is 12.7 Å². The minimum Gasteiger partial charge on any atom is -0.467 e. The molecule has 78 valence electrons. The number of rotatable bonds is 2. The number of hydrogen-bond donors (Lipinski definition) is 0. The fourth-order valence-corrected chi connectivity index (χ4v) is 1.69. The molecule has 0 saturated heterocycles. The maximum atomic E-state index is 13.0. The molecule has 0 saturated carbocycles. The van der Waals surface area contributed by atoms with Gasteiger partial charge in [-0.3, -0.25) is 0 Å². The number of alkyl halides is 1. The van der Waals surface area contributed by atoms with Crippen molar-refractivity contribution < 1.29 is 8.81 Å². The number of furan rings is 1. The van der Waals surface area contributed by atoms with E-state index in [0.29, 0.717) is 11.3 Å². The summed E-state index contributed by atoms with van der Waals surface area (Å²) in [6.45, 7) is 1.71. The van der Waals surface area contributed by atoms with Crippen LogP contribution in [0.4, 0.5) is 4.39 Å². The summed E-state index contributed by atoms with van der Waals surface area (Å²) in [4.78, 5) is 0. The average Bonchev–Trinajstić information content (AvgIpc) is 2.74. The van der Waals surface area contributed by atoms with Crippen LogP contribution in [-0.4, -0.2) is 0 Å². The van der Waals surface area contributed by atoms with Gasteiger partial charge in [0, 0.05) is 0 Å². The Morgan fingerprint density at radius 3 is 2.73 bits per heavy atom. The molecular formula is C12H10ClFO. The van der Waals surface area contributed by atoms with Crippen LogP contribution in [-0.2, 0) is 0 Å². The number of halogens is 2. The number of hydrogen-bond acceptors (Lipinski definition) is 1. The first-order valence-electron chi connectivity index (χ1n) is 4.62. The highest BCUT2D eigenvalue weighted by Gasteiger charge is 2.14. The maximum absolute atomic E-state index is 13.0. The van der Waals surface area contributed by atoms with Gasteiger partial charge in [-0.2, -0.15) is 0 Å². The van der Waals surface area contributed by atoms with Crippen molar-refractivity contribution in [2.75, 3.05) is 0 Å². The maximum Gasteiger partial charge on any atom is 0.126 e. The Hall–Kier alpha value is -1.28. The monoisotopic (exact) mass is 224 g/mol. The lowest BCUT2D eigenvalue weighted by Crippen LogP contribution is -1.93. The molecule has 2 rings (SSSR count). The third-order valence-electron chi connectivity index (χ3n) is 2.27. The lowest BCUT2D eigenvalue weighted by Gasteiger charge is -2.08. The molecule has 0 spiro atoms. The van der Waals surface area contributed by atoms with E-state index in [2.05, 4.69) is 0 Å². The molecule has 3 heteroatoms. The minimum atomic E-state index is -0.362. The van der Waals surface area contributed by atoms with E-state index in [9.17, 15) is 4.39 Å². The molecule has 0 aliphatic rings. The van der Waals surface area contributed by atoms with Gasteiger partial charge in [-0.25, -0.2) is 4.39 Å². The molecular weight excluding hydrogens is 215 g/mol. The van der Waals surface area contributed by atoms with E-state index in [1.165, 1.54) is 6.07 Å². The zero-order chi connectivity index (χ0) is 10.8. The largest absolute Gasteiger partial charge is 0.467 e. The van der Waals surface area contributed by atoms with Crippen LogP contribution in [0.2, 0.25) is 0 Å². The summed E-state index contributed by atoms with van der Waals surface area (Å²) < 4.78 is 18.2. The van der Waals surface area contributed by atoms with Crippen LogP contribution >= 0.6 is 11.6 Å². The van der Waals surface area contributed by atoms with E-state index in [0.717, 1.165) is 5.56 Å². The molecule has 1 nitrogen and oxygen atoms in total. The lowest BCUT2D eigenvalue weighted by molar-refractivity contribution is 0.516. The summed E-state index contributed by atoms with van der Waals surface area (Å²) in [6, 6.07) is 8.40. The van der Waals surface area contributed by atoms with Crippen molar-refractivity contribution >= 4 is 11.6 Å². The second-order valence-electron chi connectivity index (χ2n) is 3.39. The molecule has 15 heavy (non-hydrogen) atoms. The van der Waals surface area contributed by atoms with Crippen LogP contribution in [0.25, 0.3) is 0 Å². The molecule has 0 bridgehead atoms. The van der Waals surface area contributed by atoms with E-state index in [1.807, 2.05) is 0 Å². The van der Waals surface area contributed by atoms with Crippen molar-refractivity contribution in [1.29, 1.82) is 0 Å². The highest BCUT2D eigenvalue weighted by atomic mass is 35.5. The van der Waals surface area contributed by atoms with Crippen molar-refractivity contribution in [3.63, 3.8) is 0 Å². The molecule has 0 radical (unpaired) electrons. The van der Waals surface area contributed by atoms with E-state index >= 15 is 0 Å². The van der Waals surface area contributed by atoms with Crippen molar-refractivity contribution in [3.8, 4) is 0 Å². The molecule has 1 aromatic heterocycles. The van der Waals surface area contributed by atoms with Gasteiger partial charge in [-0.1, -0.05) is 12.1 Å². The zero-order valence-electron chi connectivity index (χ0n) is 8.21. The van der Waals surface area contributed by atoms with Crippen LogP contribution in [0.3, 0.4) is 0 Å². The van der Waals surface area contributed by atoms with Crippen LogP contribution in [0.5, 0.6) is 0 Å². The van der Waals surface area contributed by atoms with Gasteiger partial charge in [0.15, 0.2) is 0 Å². The van der Waals surface area contributed by atoms with Crippen molar-refractivity contribution in [2.24, 2.45) is 0 Å². The smallest absolute Gasteiger partial charge is 0.126 e. The lowest BCUT2D eigenvalue weighted by atomic mass is 10.1. The van der Waals surface area contributed by atoms with Gasteiger partial charge in [-0.05, 0) is 36.2 Å². The summed E-state index contributed by atoms with van der Waals surface area (Å²) in [5, 5.41) is -0.362. The van der Waals surface area contributed by atoms with Crippen molar-refractivity contribution in [2.45, 2.75) is 12.3 Å². The van der Waals surface area contributed by atoms with Crippen LogP contribution < -0.4 is 0 Å².